The van der Waals surface area contributed by atoms with Gasteiger partial charge in [-0.15, -0.1) is 0 Å². The molecule has 2 aromatic rings. The largest absolute Gasteiger partial charge is 0.261 e. The van der Waals surface area contributed by atoms with Crippen LogP contribution in [-0.2, 0) is 6.42 Å². The molecule has 3 rings (SSSR count). The molecular weight excluding hydrogens is 256 g/mol. The van der Waals surface area contributed by atoms with Gasteiger partial charge in [0.15, 0.2) is 11.6 Å². The number of nitrogens with zero attached hydrogens (tertiary/aromatic N) is 1. The number of hydrogen-bond acceptors (Lipinski definition) is 1. The number of aryl methyl sites for hydroxylation is 1. The molecule has 1 atom stereocenters. The van der Waals surface area contributed by atoms with Gasteiger partial charge < -0.3 is 0 Å². The van der Waals surface area contributed by atoms with E-state index >= 15 is 0 Å². The Kier molecular flexibility index (Phi) is 5.22. The number of rotatable bonds is 0. The lowest BCUT2D eigenvalue weighted by atomic mass is 9.98. The maximum absolute atomic E-state index is 11.9. The van der Waals surface area contributed by atoms with Crippen LogP contribution in [0.5, 0.6) is 0 Å². The first kappa shape index (κ1) is 14.6. The molecule has 20 heavy (non-hydrogen) atoms. The van der Waals surface area contributed by atoms with Crippen molar-refractivity contribution in [3.8, 4) is 0 Å². The zero-order valence-electron chi connectivity index (χ0n) is 11.7. The Morgan fingerprint density at radius 3 is 2.35 bits per heavy atom. The fourth-order valence-electron chi connectivity index (χ4n) is 2.45. The number of fused-ring (bicyclic) bond motifs is 1. The Bertz CT molecular complexity index is 533. The van der Waals surface area contributed by atoms with E-state index in [4.69, 9.17) is 0 Å². The van der Waals surface area contributed by atoms with Gasteiger partial charge in [0.1, 0.15) is 0 Å². The van der Waals surface area contributed by atoms with E-state index in [0.29, 0.717) is 0 Å². The van der Waals surface area contributed by atoms with Gasteiger partial charge in [-0.3, -0.25) is 4.98 Å². The minimum atomic E-state index is -0.799. The Morgan fingerprint density at radius 2 is 1.70 bits per heavy atom. The summed E-state index contributed by atoms with van der Waals surface area (Å²) in [5.74, 6) is -0.879. The average Bonchev–Trinajstić information content (AvgIpc) is 2.65. The number of hydrogen-bond donors (Lipinski definition) is 0. The van der Waals surface area contributed by atoms with E-state index < -0.39 is 11.6 Å². The molecule has 0 saturated heterocycles. The lowest BCUT2D eigenvalue weighted by Gasteiger charge is -2.10. The van der Waals surface area contributed by atoms with Crippen molar-refractivity contribution in [3.63, 3.8) is 0 Å². The first-order chi connectivity index (χ1) is 9.68. The average molecular weight is 275 g/mol. The molecule has 1 aromatic carbocycles. The van der Waals surface area contributed by atoms with E-state index in [2.05, 4.69) is 24.0 Å². The second-order valence-electron chi connectivity index (χ2n) is 5.10. The summed E-state index contributed by atoms with van der Waals surface area (Å²) < 4.78 is 23.9. The molecule has 1 heterocycles. The Labute approximate surface area is 118 Å². The van der Waals surface area contributed by atoms with Gasteiger partial charge >= 0.3 is 0 Å². The monoisotopic (exact) mass is 275 g/mol. The molecule has 0 N–H and O–H groups in total. The highest BCUT2D eigenvalue weighted by atomic mass is 19.2. The van der Waals surface area contributed by atoms with Gasteiger partial charge in [0.25, 0.3) is 0 Å². The van der Waals surface area contributed by atoms with Gasteiger partial charge in [0, 0.05) is 11.9 Å². The SMILES string of the molecule is CC1CCCCc2ncccc21.Fc1ccccc1F. The van der Waals surface area contributed by atoms with Gasteiger partial charge in [0.2, 0.25) is 0 Å². The van der Waals surface area contributed by atoms with E-state index in [1.54, 1.807) is 0 Å². The van der Waals surface area contributed by atoms with Crippen molar-refractivity contribution >= 4 is 0 Å². The molecule has 1 aliphatic rings. The van der Waals surface area contributed by atoms with Crippen LogP contribution >= 0.6 is 0 Å². The third-order valence-corrected chi connectivity index (χ3v) is 3.58. The fraction of sp³-hybridized carbons (Fsp3) is 0.353. The van der Waals surface area contributed by atoms with Crippen molar-refractivity contribution in [2.24, 2.45) is 0 Å². The van der Waals surface area contributed by atoms with Gasteiger partial charge in [-0.25, -0.2) is 8.78 Å². The van der Waals surface area contributed by atoms with Crippen LogP contribution in [0.25, 0.3) is 0 Å². The minimum absolute atomic E-state index is 0.719. The zero-order valence-corrected chi connectivity index (χ0v) is 11.7. The van der Waals surface area contributed by atoms with Gasteiger partial charge in [-0.2, -0.15) is 0 Å². The van der Waals surface area contributed by atoms with Crippen molar-refractivity contribution in [1.29, 1.82) is 0 Å². The Balaban J connectivity index is 0.000000160. The molecule has 0 bridgehead atoms. The predicted octanol–water partition coefficient (Wildman–Crippen LogP) is 4.88. The summed E-state index contributed by atoms with van der Waals surface area (Å²) in [5.41, 5.74) is 2.82. The van der Waals surface area contributed by atoms with E-state index in [9.17, 15) is 8.78 Å². The fourth-order valence-corrected chi connectivity index (χ4v) is 2.45. The molecule has 0 radical (unpaired) electrons. The van der Waals surface area contributed by atoms with Crippen LogP contribution in [0.3, 0.4) is 0 Å². The number of halogens is 2. The quantitative estimate of drug-likeness (QED) is 0.625. The van der Waals surface area contributed by atoms with E-state index in [0.717, 1.165) is 18.1 Å². The van der Waals surface area contributed by atoms with Crippen molar-refractivity contribution in [2.75, 3.05) is 0 Å². The summed E-state index contributed by atoms with van der Waals surface area (Å²) in [6.45, 7) is 2.31. The molecule has 1 nitrogen and oxygen atoms in total. The van der Waals surface area contributed by atoms with Crippen molar-refractivity contribution in [1.82, 2.24) is 4.98 Å². The van der Waals surface area contributed by atoms with Crippen LogP contribution in [0, 0.1) is 11.6 Å². The van der Waals surface area contributed by atoms with Crippen LogP contribution in [-0.4, -0.2) is 4.98 Å². The summed E-state index contributed by atoms with van der Waals surface area (Å²) in [6.07, 6.45) is 7.10. The van der Waals surface area contributed by atoms with Crippen LogP contribution in [0.1, 0.15) is 43.4 Å². The normalized spacial score (nSPS) is 17.4. The third kappa shape index (κ3) is 3.86. The van der Waals surface area contributed by atoms with Crippen molar-refractivity contribution in [2.45, 2.75) is 38.5 Å². The standard InChI is InChI=1S/C11H15N.C6H4F2/c1-9-5-2-3-7-11-10(9)6-4-8-12-11;7-5-3-1-2-4-6(5)8/h4,6,8-9H,2-3,5,7H2,1H3;1-4H. The molecule has 1 aromatic heterocycles. The molecule has 1 aliphatic carbocycles. The van der Waals surface area contributed by atoms with Crippen LogP contribution < -0.4 is 0 Å². The van der Waals surface area contributed by atoms with E-state index in [1.807, 2.05) is 6.20 Å². The van der Waals surface area contributed by atoms with Gasteiger partial charge in [-0.1, -0.05) is 31.5 Å². The summed E-state index contributed by atoms with van der Waals surface area (Å²) in [4.78, 5) is 4.43. The summed E-state index contributed by atoms with van der Waals surface area (Å²) in [6, 6.07) is 9.33. The van der Waals surface area contributed by atoms with Crippen LogP contribution in [0.4, 0.5) is 8.78 Å². The molecule has 0 spiro atoms. The lowest BCUT2D eigenvalue weighted by Crippen LogP contribution is -1.97. The second-order valence-corrected chi connectivity index (χ2v) is 5.10. The van der Waals surface area contributed by atoms with E-state index in [-0.39, 0.29) is 0 Å². The summed E-state index contributed by atoms with van der Waals surface area (Å²) >= 11 is 0. The molecule has 1 unspecified atom stereocenters. The Morgan fingerprint density at radius 1 is 1.00 bits per heavy atom. The van der Waals surface area contributed by atoms with Crippen LogP contribution in [0.15, 0.2) is 42.6 Å². The lowest BCUT2D eigenvalue weighted by molar-refractivity contribution is 0.508. The zero-order chi connectivity index (χ0) is 14.4. The third-order valence-electron chi connectivity index (χ3n) is 3.58. The summed E-state index contributed by atoms with van der Waals surface area (Å²) in [7, 11) is 0. The maximum atomic E-state index is 11.9. The highest BCUT2D eigenvalue weighted by Crippen LogP contribution is 2.28. The molecular formula is C17H19F2N. The van der Waals surface area contributed by atoms with Crippen molar-refractivity contribution < 1.29 is 8.78 Å². The minimum Gasteiger partial charge on any atom is -0.261 e. The number of aromatic nitrogens is 1. The molecule has 0 aliphatic heterocycles. The van der Waals surface area contributed by atoms with Crippen molar-refractivity contribution in [3.05, 3.63) is 65.5 Å². The smallest absolute Gasteiger partial charge is 0.158 e. The summed E-state index contributed by atoms with van der Waals surface area (Å²) in [5, 5.41) is 0. The molecule has 0 fully saturated rings. The second kappa shape index (κ2) is 7.13. The highest BCUT2D eigenvalue weighted by Gasteiger charge is 2.14. The maximum Gasteiger partial charge on any atom is 0.158 e. The first-order valence-corrected chi connectivity index (χ1v) is 7.02. The first-order valence-electron chi connectivity index (χ1n) is 7.02. The molecule has 0 saturated carbocycles. The topological polar surface area (TPSA) is 12.9 Å². The van der Waals surface area contributed by atoms with E-state index in [1.165, 1.54) is 49.1 Å². The van der Waals surface area contributed by atoms with Gasteiger partial charge in [0.05, 0.1) is 0 Å². The van der Waals surface area contributed by atoms with Crippen LogP contribution in [0.2, 0.25) is 0 Å². The molecule has 0 amide bonds. The predicted molar refractivity (Wildman–Crippen MR) is 76.6 cm³/mol. The van der Waals surface area contributed by atoms with Gasteiger partial charge in [-0.05, 0) is 48.9 Å². The highest BCUT2D eigenvalue weighted by molar-refractivity contribution is 5.24. The number of pyridine rings is 1. The molecule has 106 valence electrons. The molecule has 3 heteroatoms. The number of benzene rings is 1. The Hall–Kier alpha value is -1.77.